The number of aliphatic hydroxyl groups is 3. The maximum absolute atomic E-state index is 13.8. The Hall–Kier alpha value is -3.16. The number of anilines is 1. The van der Waals surface area contributed by atoms with Crippen LogP contribution < -0.4 is 16.4 Å². The minimum Gasteiger partial charge on any atom is -0.508 e. The molecule has 1 aromatic rings. The van der Waals surface area contributed by atoms with Crippen LogP contribution in [0.15, 0.2) is 29.0 Å². The van der Waals surface area contributed by atoms with Crippen molar-refractivity contribution < 1.29 is 39.6 Å². The van der Waals surface area contributed by atoms with Crippen LogP contribution in [0.5, 0.6) is 5.75 Å². The number of rotatable bonds is 7. The molecule has 2 amide bonds. The SMILES string of the molecule is CC(C)CNCC(=O)Nc1ccc2c(c1O)C(O)=C1C(=O)[C@]3(O)C(O)=C(C(N)=O)C(=O)[C@@H](N(C)C)C3CC1C2.Cl.Cl. The van der Waals surface area contributed by atoms with Crippen molar-refractivity contribution in [2.45, 2.75) is 38.3 Å². The molecular weight excluding hydrogens is 579 g/mol. The summed E-state index contributed by atoms with van der Waals surface area (Å²) in [5.41, 5.74) is 1.94. The molecular formula is C27H36Cl2N4O8. The number of Topliss-reactive ketones (excluding diaryl/α,β-unsaturated/α-hetero) is 2. The molecule has 0 spiro atoms. The molecule has 4 rings (SSSR count). The summed E-state index contributed by atoms with van der Waals surface area (Å²) < 4.78 is 0. The second-order valence-corrected chi connectivity index (χ2v) is 11.0. The van der Waals surface area contributed by atoms with Crippen molar-refractivity contribution in [1.29, 1.82) is 0 Å². The largest absolute Gasteiger partial charge is 0.508 e. The molecule has 3 aliphatic carbocycles. The number of halogens is 2. The molecule has 0 heterocycles. The molecule has 226 valence electrons. The number of amides is 2. The third-order valence-corrected chi connectivity index (χ3v) is 7.71. The Labute approximate surface area is 249 Å². The van der Waals surface area contributed by atoms with Gasteiger partial charge < -0.3 is 36.8 Å². The number of benzene rings is 1. The molecule has 0 radical (unpaired) electrons. The average Bonchev–Trinajstić information content (AvgIpc) is 2.82. The van der Waals surface area contributed by atoms with E-state index in [2.05, 4.69) is 10.6 Å². The number of hydrogen-bond donors (Lipinski definition) is 7. The number of phenolic OH excluding ortho intramolecular Hbond substituents is 1. The van der Waals surface area contributed by atoms with Gasteiger partial charge in [-0.15, -0.1) is 24.8 Å². The Kier molecular flexibility index (Phi) is 10.3. The summed E-state index contributed by atoms with van der Waals surface area (Å²) in [6.07, 6.45) is 0.179. The average molecular weight is 616 g/mol. The highest BCUT2D eigenvalue weighted by Gasteiger charge is 2.64. The van der Waals surface area contributed by atoms with Gasteiger partial charge in [0.1, 0.15) is 22.8 Å². The van der Waals surface area contributed by atoms with Gasteiger partial charge in [0.2, 0.25) is 11.7 Å². The number of nitrogens with zero attached hydrogens (tertiary/aromatic N) is 1. The Morgan fingerprint density at radius 2 is 1.78 bits per heavy atom. The van der Waals surface area contributed by atoms with Crippen molar-refractivity contribution in [3.05, 3.63) is 40.2 Å². The lowest BCUT2D eigenvalue weighted by atomic mass is 9.57. The van der Waals surface area contributed by atoms with Gasteiger partial charge in [0.15, 0.2) is 11.4 Å². The first-order chi connectivity index (χ1) is 18.2. The van der Waals surface area contributed by atoms with Crippen LogP contribution in [0, 0.1) is 17.8 Å². The smallest absolute Gasteiger partial charge is 0.255 e. The Bertz CT molecular complexity index is 1340. The summed E-state index contributed by atoms with van der Waals surface area (Å²) in [7, 11) is 3.08. The Morgan fingerprint density at radius 1 is 1.15 bits per heavy atom. The van der Waals surface area contributed by atoms with E-state index >= 15 is 0 Å². The molecule has 4 atom stereocenters. The fraction of sp³-hybridized carbons (Fsp3) is 0.481. The number of ketones is 2. The molecule has 1 aromatic carbocycles. The van der Waals surface area contributed by atoms with Crippen LogP contribution in [0.4, 0.5) is 5.69 Å². The van der Waals surface area contributed by atoms with Crippen molar-refractivity contribution in [2.24, 2.45) is 23.5 Å². The van der Waals surface area contributed by atoms with E-state index in [-0.39, 0.29) is 61.0 Å². The van der Waals surface area contributed by atoms with Crippen LogP contribution >= 0.6 is 24.8 Å². The summed E-state index contributed by atoms with van der Waals surface area (Å²) in [6, 6.07) is 1.97. The quantitative estimate of drug-likeness (QED) is 0.171. The van der Waals surface area contributed by atoms with Crippen LogP contribution in [-0.2, 0) is 25.6 Å². The normalized spacial score (nSPS) is 25.2. The van der Waals surface area contributed by atoms with Gasteiger partial charge in [0.25, 0.3) is 5.91 Å². The second-order valence-electron chi connectivity index (χ2n) is 11.0. The van der Waals surface area contributed by atoms with Gasteiger partial charge in [0.05, 0.1) is 23.8 Å². The van der Waals surface area contributed by atoms with Gasteiger partial charge in [-0.05, 0) is 56.9 Å². The number of aromatic hydroxyl groups is 1. The van der Waals surface area contributed by atoms with E-state index in [0.29, 0.717) is 18.0 Å². The topological polar surface area (TPSA) is 203 Å². The number of carbonyl (C=O) groups is 4. The minimum atomic E-state index is -2.70. The lowest BCUT2D eigenvalue weighted by molar-refractivity contribution is -0.153. The van der Waals surface area contributed by atoms with Crippen molar-refractivity contribution in [1.82, 2.24) is 10.2 Å². The van der Waals surface area contributed by atoms with E-state index in [4.69, 9.17) is 5.73 Å². The van der Waals surface area contributed by atoms with E-state index in [0.717, 1.165) is 0 Å². The fourth-order valence-electron chi connectivity index (χ4n) is 5.99. The van der Waals surface area contributed by atoms with E-state index in [1.54, 1.807) is 20.2 Å². The van der Waals surface area contributed by atoms with Crippen molar-refractivity contribution in [3.63, 3.8) is 0 Å². The first-order valence-corrected chi connectivity index (χ1v) is 12.7. The van der Waals surface area contributed by atoms with E-state index in [9.17, 15) is 39.6 Å². The van der Waals surface area contributed by atoms with E-state index in [1.807, 2.05) is 13.8 Å². The van der Waals surface area contributed by atoms with Gasteiger partial charge in [-0.1, -0.05) is 19.9 Å². The number of fused-ring (bicyclic) bond motifs is 3. The highest BCUT2D eigenvalue weighted by Crippen LogP contribution is 2.53. The van der Waals surface area contributed by atoms with E-state index < -0.39 is 69.7 Å². The molecule has 0 saturated heterocycles. The fourth-order valence-corrected chi connectivity index (χ4v) is 5.99. The van der Waals surface area contributed by atoms with Crippen LogP contribution in [0.2, 0.25) is 0 Å². The monoisotopic (exact) mass is 614 g/mol. The van der Waals surface area contributed by atoms with Crippen LogP contribution in [-0.4, -0.2) is 87.5 Å². The first-order valence-electron chi connectivity index (χ1n) is 12.7. The number of likely N-dealkylation sites (N-methyl/N-ethyl adjacent to an activating group) is 1. The Morgan fingerprint density at radius 3 is 2.34 bits per heavy atom. The summed E-state index contributed by atoms with van der Waals surface area (Å²) in [5, 5.41) is 50.3. The molecule has 2 unspecified atom stereocenters. The van der Waals surface area contributed by atoms with Crippen molar-refractivity contribution in [3.8, 4) is 5.75 Å². The van der Waals surface area contributed by atoms with Gasteiger partial charge in [-0.3, -0.25) is 24.1 Å². The zero-order valence-corrected chi connectivity index (χ0v) is 24.7. The number of aliphatic hydroxyl groups excluding tert-OH is 2. The molecule has 1 fully saturated rings. The summed E-state index contributed by atoms with van der Waals surface area (Å²) in [4.78, 5) is 52.8. The Balaban J connectivity index is 0.00000294. The number of carbonyl (C=O) groups excluding carboxylic acids is 4. The highest BCUT2D eigenvalue weighted by atomic mass is 35.5. The molecule has 0 aliphatic heterocycles. The summed E-state index contributed by atoms with van der Waals surface area (Å²) in [5.74, 6) is -7.29. The lowest BCUT2D eigenvalue weighted by Crippen LogP contribution is -2.65. The number of hydrogen-bond acceptors (Lipinski definition) is 10. The first kappa shape index (κ1) is 34.0. The summed E-state index contributed by atoms with van der Waals surface area (Å²) in [6.45, 7) is 4.59. The predicted octanol–water partition coefficient (Wildman–Crippen LogP) is 0.992. The molecule has 0 bridgehead atoms. The zero-order valence-electron chi connectivity index (χ0n) is 23.1. The molecule has 14 heteroatoms. The summed E-state index contributed by atoms with van der Waals surface area (Å²) >= 11 is 0. The molecule has 0 aromatic heterocycles. The maximum Gasteiger partial charge on any atom is 0.255 e. The minimum absolute atomic E-state index is 0. The van der Waals surface area contributed by atoms with Gasteiger partial charge in [-0.2, -0.15) is 0 Å². The van der Waals surface area contributed by atoms with Gasteiger partial charge in [-0.25, -0.2) is 0 Å². The van der Waals surface area contributed by atoms with E-state index in [1.165, 1.54) is 11.0 Å². The van der Waals surface area contributed by atoms with Gasteiger partial charge >= 0.3 is 0 Å². The molecule has 12 nitrogen and oxygen atoms in total. The molecule has 41 heavy (non-hydrogen) atoms. The van der Waals surface area contributed by atoms with Crippen molar-refractivity contribution in [2.75, 3.05) is 32.5 Å². The van der Waals surface area contributed by atoms with Crippen LogP contribution in [0.25, 0.3) is 5.76 Å². The third kappa shape index (κ3) is 5.54. The molecule has 8 N–H and O–H groups in total. The van der Waals surface area contributed by atoms with Crippen LogP contribution in [0.3, 0.4) is 0 Å². The number of nitrogens with one attached hydrogen (secondary N) is 2. The third-order valence-electron chi connectivity index (χ3n) is 7.71. The standard InChI is InChI=1S/C27H34N4O8.2ClH/c1-11(2)9-29-10-16(32)30-15-6-5-12-7-13-8-14-20(31(3)4)23(35)19(26(28)38)25(37)27(14,39)24(36)18(13)22(34)17(12)21(15)33;;/h5-6,11,13-14,20,29,33-34,37,39H,7-10H2,1-4H3,(H2,28,38)(H,30,32);2*1H/t13?,14?,20-,27-;;/m0../s1. The number of primary amides is 1. The van der Waals surface area contributed by atoms with Gasteiger partial charge in [0, 0.05) is 11.5 Å². The lowest BCUT2D eigenvalue weighted by Gasteiger charge is -2.50. The molecule has 1 saturated carbocycles. The number of nitrogens with two attached hydrogens (primary N) is 1. The maximum atomic E-state index is 13.8. The number of phenols is 1. The molecule has 3 aliphatic rings. The van der Waals surface area contributed by atoms with Crippen LogP contribution in [0.1, 0.15) is 31.4 Å². The zero-order chi connectivity index (χ0) is 29.0. The predicted molar refractivity (Wildman–Crippen MR) is 155 cm³/mol. The second kappa shape index (κ2) is 12.4. The highest BCUT2D eigenvalue weighted by molar-refractivity contribution is 6.24. The van der Waals surface area contributed by atoms with Crippen molar-refractivity contribution >= 4 is 59.6 Å².